The molecule has 1 aromatic carbocycles. The van der Waals surface area contributed by atoms with Crippen LogP contribution < -0.4 is 5.73 Å². The topological polar surface area (TPSA) is 167 Å². The highest BCUT2D eigenvalue weighted by Crippen LogP contribution is 2.35. The molecule has 0 fully saturated rings. The largest absolute Gasteiger partial charge is 0.476 e. The molecule has 11 nitrogen and oxygen atoms in total. The summed E-state index contributed by atoms with van der Waals surface area (Å²) in [5.74, 6) is -3.59. The standard InChI is InChI=1S/C21H14F3N5O6/c1-9(30)13-6-5-12(34-13)8-29-27-14(18(25)31)15(28-29)19-26-16(20(32)33)17(35-19)10-3-2-4-11(7-10)21(22,23)24/h2-7H,8H2,1H3,(H2,25,31)(H,32,33). The van der Waals surface area contributed by atoms with Crippen molar-refractivity contribution in [1.29, 1.82) is 0 Å². The second-order valence-corrected chi connectivity index (χ2v) is 7.19. The number of ketones is 1. The number of carboxylic acid groups (broad SMARTS) is 1. The molecule has 3 aromatic heterocycles. The molecule has 0 aliphatic rings. The number of Topliss-reactive ketones (excluding diaryl/α,β-unsaturated/α-hetero) is 1. The maximum atomic E-state index is 13.1. The molecule has 0 saturated heterocycles. The van der Waals surface area contributed by atoms with E-state index in [4.69, 9.17) is 14.6 Å². The summed E-state index contributed by atoms with van der Waals surface area (Å²) >= 11 is 0. The minimum atomic E-state index is -4.68. The first-order valence-corrected chi connectivity index (χ1v) is 9.70. The minimum absolute atomic E-state index is 0.0898. The average molecular weight is 489 g/mol. The summed E-state index contributed by atoms with van der Waals surface area (Å²) in [6.45, 7) is 1.17. The van der Waals surface area contributed by atoms with Crippen LogP contribution in [0.3, 0.4) is 0 Å². The first kappa shape index (κ1) is 23.4. The van der Waals surface area contributed by atoms with Crippen molar-refractivity contribution < 1.29 is 41.5 Å². The number of nitrogens with two attached hydrogens (primary N) is 1. The van der Waals surface area contributed by atoms with Crippen LogP contribution in [0.5, 0.6) is 0 Å². The highest BCUT2D eigenvalue weighted by Gasteiger charge is 2.32. The monoisotopic (exact) mass is 489 g/mol. The number of amides is 1. The molecule has 0 atom stereocenters. The van der Waals surface area contributed by atoms with E-state index < -0.39 is 46.7 Å². The summed E-state index contributed by atoms with van der Waals surface area (Å²) in [6, 6.07) is 6.72. The van der Waals surface area contributed by atoms with Crippen LogP contribution in [-0.4, -0.2) is 42.7 Å². The maximum Gasteiger partial charge on any atom is 0.416 e. The van der Waals surface area contributed by atoms with Gasteiger partial charge in [0.25, 0.3) is 11.8 Å². The third-order valence-electron chi connectivity index (χ3n) is 4.68. The molecule has 1 amide bonds. The third-order valence-corrected chi connectivity index (χ3v) is 4.68. The molecule has 0 radical (unpaired) electrons. The number of furan rings is 1. The van der Waals surface area contributed by atoms with Gasteiger partial charge in [-0.1, -0.05) is 12.1 Å². The molecular formula is C21H14F3N5O6. The van der Waals surface area contributed by atoms with E-state index in [1.165, 1.54) is 25.1 Å². The number of halogens is 3. The van der Waals surface area contributed by atoms with E-state index in [1.807, 2.05) is 0 Å². The SMILES string of the molecule is CC(=O)c1ccc(Cn2nc(C(N)=O)c(-c3nc(C(=O)O)c(-c4cccc(C(F)(F)F)c4)o3)n2)o1. The molecular weight excluding hydrogens is 475 g/mol. The fourth-order valence-corrected chi connectivity index (χ4v) is 3.12. The van der Waals surface area contributed by atoms with Gasteiger partial charge in [0.2, 0.25) is 0 Å². The van der Waals surface area contributed by atoms with E-state index >= 15 is 0 Å². The van der Waals surface area contributed by atoms with Crippen molar-refractivity contribution in [3.63, 3.8) is 0 Å². The van der Waals surface area contributed by atoms with Gasteiger partial charge < -0.3 is 19.7 Å². The summed E-state index contributed by atoms with van der Waals surface area (Å²) in [7, 11) is 0. The molecule has 3 heterocycles. The number of carboxylic acids is 1. The van der Waals surface area contributed by atoms with Crippen molar-refractivity contribution in [3.05, 3.63) is 64.9 Å². The summed E-state index contributed by atoms with van der Waals surface area (Å²) in [5.41, 5.74) is 2.63. The number of primary amides is 1. The molecule has 14 heteroatoms. The fourth-order valence-electron chi connectivity index (χ4n) is 3.12. The van der Waals surface area contributed by atoms with E-state index in [2.05, 4.69) is 15.2 Å². The van der Waals surface area contributed by atoms with Crippen LogP contribution in [0.25, 0.3) is 22.9 Å². The third kappa shape index (κ3) is 4.66. The molecule has 0 aliphatic carbocycles. The molecule has 3 N–H and O–H groups in total. The van der Waals surface area contributed by atoms with Crippen LogP contribution in [0.4, 0.5) is 13.2 Å². The number of benzene rings is 1. The molecule has 0 saturated carbocycles. The Morgan fingerprint density at radius 3 is 2.43 bits per heavy atom. The number of rotatable bonds is 7. The van der Waals surface area contributed by atoms with Crippen LogP contribution in [0, 0.1) is 0 Å². The smallest absolute Gasteiger partial charge is 0.416 e. The molecule has 0 bridgehead atoms. The minimum Gasteiger partial charge on any atom is -0.476 e. The zero-order valence-electron chi connectivity index (χ0n) is 17.7. The Kier molecular flexibility index (Phi) is 5.72. The molecule has 0 unspecified atom stereocenters. The highest BCUT2D eigenvalue weighted by molar-refractivity contribution is 5.97. The number of nitrogens with zero attached hydrogens (tertiary/aromatic N) is 4. The zero-order chi connectivity index (χ0) is 25.5. The van der Waals surface area contributed by atoms with Gasteiger partial charge in [0, 0.05) is 12.5 Å². The van der Waals surface area contributed by atoms with Gasteiger partial charge in [-0.25, -0.2) is 4.79 Å². The Balaban J connectivity index is 1.78. The van der Waals surface area contributed by atoms with E-state index in [1.54, 1.807) is 0 Å². The van der Waals surface area contributed by atoms with Crippen molar-refractivity contribution in [1.82, 2.24) is 20.0 Å². The van der Waals surface area contributed by atoms with E-state index in [0.29, 0.717) is 6.07 Å². The Hall–Kier alpha value is -4.75. The lowest BCUT2D eigenvalue weighted by Gasteiger charge is -2.07. The van der Waals surface area contributed by atoms with E-state index in [0.717, 1.165) is 16.9 Å². The second-order valence-electron chi connectivity index (χ2n) is 7.19. The van der Waals surface area contributed by atoms with Crippen molar-refractivity contribution in [2.45, 2.75) is 19.6 Å². The van der Waals surface area contributed by atoms with Crippen LogP contribution in [0.15, 0.2) is 45.2 Å². The molecule has 0 aliphatic heterocycles. The summed E-state index contributed by atoms with van der Waals surface area (Å²) in [4.78, 5) is 39.8. The quantitative estimate of drug-likeness (QED) is 0.370. The first-order valence-electron chi connectivity index (χ1n) is 9.70. The fraction of sp³-hybridized carbons (Fsp3) is 0.143. The Morgan fingerprint density at radius 1 is 1.09 bits per heavy atom. The number of aromatic carboxylic acids is 1. The van der Waals surface area contributed by atoms with Crippen molar-refractivity contribution >= 4 is 17.7 Å². The number of carbonyl (C=O) groups excluding carboxylic acids is 2. The van der Waals surface area contributed by atoms with Crippen molar-refractivity contribution in [2.75, 3.05) is 0 Å². The lowest BCUT2D eigenvalue weighted by Crippen LogP contribution is -2.13. The Morgan fingerprint density at radius 2 is 1.83 bits per heavy atom. The molecule has 35 heavy (non-hydrogen) atoms. The van der Waals surface area contributed by atoms with Gasteiger partial charge in [0.05, 0.1) is 5.56 Å². The number of hydrogen-bond acceptors (Lipinski definition) is 8. The van der Waals surface area contributed by atoms with E-state index in [9.17, 15) is 32.7 Å². The van der Waals surface area contributed by atoms with Gasteiger partial charge in [-0.2, -0.15) is 23.0 Å². The van der Waals surface area contributed by atoms with Crippen LogP contribution in [-0.2, 0) is 12.7 Å². The predicted octanol–water partition coefficient (Wildman–Crippen LogP) is 3.26. The predicted molar refractivity (Wildman–Crippen MR) is 109 cm³/mol. The van der Waals surface area contributed by atoms with Crippen LogP contribution in [0.2, 0.25) is 0 Å². The van der Waals surface area contributed by atoms with Gasteiger partial charge in [-0.3, -0.25) is 9.59 Å². The maximum absolute atomic E-state index is 13.1. The van der Waals surface area contributed by atoms with Gasteiger partial charge in [0.15, 0.2) is 34.4 Å². The summed E-state index contributed by atoms with van der Waals surface area (Å²) in [5, 5.41) is 17.5. The van der Waals surface area contributed by atoms with Gasteiger partial charge in [-0.15, -0.1) is 10.2 Å². The summed E-state index contributed by atoms with van der Waals surface area (Å²) < 4.78 is 50.2. The molecule has 0 spiro atoms. The Bertz CT molecular complexity index is 1470. The molecule has 180 valence electrons. The van der Waals surface area contributed by atoms with Crippen molar-refractivity contribution in [3.8, 4) is 22.9 Å². The average Bonchev–Trinajstić information content (AvgIpc) is 3.51. The summed E-state index contributed by atoms with van der Waals surface area (Å²) in [6.07, 6.45) is -4.68. The van der Waals surface area contributed by atoms with Gasteiger partial charge in [0.1, 0.15) is 12.3 Å². The van der Waals surface area contributed by atoms with Crippen molar-refractivity contribution in [2.24, 2.45) is 5.73 Å². The highest BCUT2D eigenvalue weighted by atomic mass is 19.4. The molecule has 4 rings (SSSR count). The molecule has 4 aromatic rings. The van der Waals surface area contributed by atoms with Gasteiger partial charge in [-0.05, 0) is 24.3 Å². The number of hydrogen-bond donors (Lipinski definition) is 2. The Labute approximate surface area is 193 Å². The number of carbonyl (C=O) groups is 3. The van der Waals surface area contributed by atoms with E-state index in [-0.39, 0.29) is 35.1 Å². The first-order chi connectivity index (χ1) is 16.4. The zero-order valence-corrected chi connectivity index (χ0v) is 17.7. The second kappa shape index (κ2) is 8.55. The van der Waals surface area contributed by atoms with Crippen LogP contribution >= 0.6 is 0 Å². The number of aromatic nitrogens is 4. The number of alkyl halides is 3. The lowest BCUT2D eigenvalue weighted by molar-refractivity contribution is -0.137. The van der Waals surface area contributed by atoms with Crippen LogP contribution in [0.1, 0.15) is 49.8 Å². The number of oxazole rings is 1. The lowest BCUT2D eigenvalue weighted by atomic mass is 10.1. The normalized spacial score (nSPS) is 11.5. The van der Waals surface area contributed by atoms with Gasteiger partial charge >= 0.3 is 12.1 Å².